The number of fused-ring (bicyclic) bond motifs is 1. The number of aromatic nitrogens is 2. The van der Waals surface area contributed by atoms with Gasteiger partial charge in [0.25, 0.3) is 0 Å². The second kappa shape index (κ2) is 9.58. The highest BCUT2D eigenvalue weighted by atomic mass is 32.2. The number of aryl methyl sites for hydroxylation is 1. The summed E-state index contributed by atoms with van der Waals surface area (Å²) in [5, 5.41) is 4.62. The Morgan fingerprint density at radius 3 is 2.70 bits per heavy atom. The maximum Gasteiger partial charge on any atom is 0.237 e. The average Bonchev–Trinajstić information content (AvgIpc) is 2.74. The first kappa shape index (κ1) is 20.8. The van der Waals surface area contributed by atoms with E-state index in [2.05, 4.69) is 10.2 Å². The third kappa shape index (κ3) is 5.18. The number of hydrogen-bond acceptors (Lipinski definition) is 5. The van der Waals surface area contributed by atoms with Gasteiger partial charge in [0.05, 0.1) is 17.3 Å². The van der Waals surface area contributed by atoms with Crippen LogP contribution < -0.4 is 5.32 Å². The predicted octanol–water partition coefficient (Wildman–Crippen LogP) is 5.04. The Bertz CT molecular complexity index is 1030. The molecule has 0 bridgehead atoms. The molecule has 0 radical (unpaired) electrons. The van der Waals surface area contributed by atoms with Gasteiger partial charge >= 0.3 is 0 Å². The van der Waals surface area contributed by atoms with Gasteiger partial charge < -0.3 is 5.32 Å². The van der Waals surface area contributed by atoms with Crippen molar-refractivity contribution in [3.8, 4) is 0 Å². The number of nitrogens with one attached hydrogen (secondary N) is 1. The summed E-state index contributed by atoms with van der Waals surface area (Å²) in [6.07, 6.45) is 3.79. The van der Waals surface area contributed by atoms with Gasteiger partial charge in [-0.2, -0.15) is 0 Å². The Morgan fingerprint density at radius 2 is 1.90 bits per heavy atom. The second-order valence-corrected chi connectivity index (χ2v) is 9.25. The quantitative estimate of drug-likeness (QED) is 0.447. The number of likely N-dealkylation sites (tertiary alicyclic amines) is 1. The fourth-order valence-electron chi connectivity index (χ4n) is 3.76. The predicted molar refractivity (Wildman–Crippen MR) is 124 cm³/mol. The van der Waals surface area contributed by atoms with Crippen molar-refractivity contribution in [1.82, 2.24) is 14.9 Å². The molecule has 5 nitrogen and oxygen atoms in total. The van der Waals surface area contributed by atoms with Crippen LogP contribution in [-0.2, 0) is 11.3 Å². The van der Waals surface area contributed by atoms with Crippen LogP contribution in [0.15, 0.2) is 53.6 Å². The van der Waals surface area contributed by atoms with E-state index in [0.717, 1.165) is 52.6 Å². The van der Waals surface area contributed by atoms with Crippen molar-refractivity contribution in [3.05, 3.63) is 59.9 Å². The molecule has 1 unspecified atom stereocenters. The van der Waals surface area contributed by atoms with Crippen LogP contribution >= 0.6 is 11.8 Å². The Morgan fingerprint density at radius 1 is 1.10 bits per heavy atom. The maximum absolute atomic E-state index is 12.8. The van der Waals surface area contributed by atoms with Crippen LogP contribution in [0, 0.1) is 6.92 Å². The van der Waals surface area contributed by atoms with E-state index in [-0.39, 0.29) is 11.2 Å². The van der Waals surface area contributed by atoms with Gasteiger partial charge in [0.2, 0.25) is 5.91 Å². The SMILES string of the molecule is Cc1cccc(NC(=O)C(C)Sc2nc(CN3CCCCC3)nc3ccccc23)c1. The summed E-state index contributed by atoms with van der Waals surface area (Å²) in [5.41, 5.74) is 2.89. The number of nitrogens with zero attached hydrogens (tertiary/aromatic N) is 3. The molecule has 1 saturated heterocycles. The Balaban J connectivity index is 1.53. The Hall–Kier alpha value is -2.44. The van der Waals surface area contributed by atoms with Gasteiger partial charge in [-0.25, -0.2) is 9.97 Å². The number of benzene rings is 2. The zero-order chi connectivity index (χ0) is 20.9. The fourth-order valence-corrected chi connectivity index (χ4v) is 4.72. The molecule has 1 aliphatic rings. The van der Waals surface area contributed by atoms with Crippen molar-refractivity contribution in [1.29, 1.82) is 0 Å². The standard InChI is InChI=1S/C24H28N4OS/c1-17-9-8-10-19(15-17)25-23(29)18(2)30-24-20-11-4-5-12-21(20)26-22(27-24)16-28-13-6-3-7-14-28/h4-5,8-12,15,18H,3,6-7,13-14,16H2,1-2H3,(H,25,29). The fraction of sp³-hybridized carbons (Fsp3) is 0.375. The molecule has 2 heterocycles. The van der Waals surface area contributed by atoms with Crippen LogP contribution in [0.1, 0.15) is 37.6 Å². The van der Waals surface area contributed by atoms with E-state index in [4.69, 9.17) is 9.97 Å². The molecular weight excluding hydrogens is 392 g/mol. The van der Waals surface area contributed by atoms with Crippen molar-refractivity contribution in [3.63, 3.8) is 0 Å². The molecule has 156 valence electrons. The number of carbonyl (C=O) groups is 1. The maximum atomic E-state index is 12.8. The summed E-state index contributed by atoms with van der Waals surface area (Å²) >= 11 is 1.50. The first-order valence-corrected chi connectivity index (χ1v) is 11.5. The highest BCUT2D eigenvalue weighted by Crippen LogP contribution is 2.29. The summed E-state index contributed by atoms with van der Waals surface area (Å²) in [6, 6.07) is 15.9. The van der Waals surface area contributed by atoms with Crippen LogP contribution in [0.2, 0.25) is 0 Å². The lowest BCUT2D eigenvalue weighted by molar-refractivity contribution is -0.115. The highest BCUT2D eigenvalue weighted by molar-refractivity contribution is 8.00. The van der Waals surface area contributed by atoms with Crippen molar-refractivity contribution >= 4 is 34.3 Å². The molecule has 1 aromatic heterocycles. The third-order valence-corrected chi connectivity index (χ3v) is 6.47. The molecule has 30 heavy (non-hydrogen) atoms. The summed E-state index contributed by atoms with van der Waals surface area (Å²) in [6.45, 7) is 6.92. The number of rotatable bonds is 6. The minimum Gasteiger partial charge on any atom is -0.325 e. The van der Waals surface area contributed by atoms with Crippen molar-refractivity contribution < 1.29 is 4.79 Å². The summed E-state index contributed by atoms with van der Waals surface area (Å²) in [4.78, 5) is 24.9. The lowest BCUT2D eigenvalue weighted by Gasteiger charge is -2.25. The molecule has 0 aliphatic carbocycles. The Kier molecular flexibility index (Phi) is 6.65. The van der Waals surface area contributed by atoms with Gasteiger partial charge in [-0.05, 0) is 63.5 Å². The largest absolute Gasteiger partial charge is 0.325 e. The molecule has 0 saturated carbocycles. The summed E-state index contributed by atoms with van der Waals surface area (Å²) < 4.78 is 0. The molecule has 1 N–H and O–H groups in total. The molecule has 1 atom stereocenters. The van der Waals surface area contributed by atoms with E-state index in [9.17, 15) is 4.79 Å². The van der Waals surface area contributed by atoms with Gasteiger partial charge in [0, 0.05) is 11.1 Å². The van der Waals surface area contributed by atoms with E-state index in [1.165, 1.54) is 31.0 Å². The molecule has 1 aliphatic heterocycles. The normalized spacial score (nSPS) is 15.8. The Labute approximate surface area is 182 Å². The number of hydrogen-bond donors (Lipinski definition) is 1. The number of para-hydroxylation sites is 1. The molecule has 3 aromatic rings. The topological polar surface area (TPSA) is 58.1 Å². The zero-order valence-electron chi connectivity index (χ0n) is 17.6. The van der Waals surface area contributed by atoms with E-state index in [0.29, 0.717) is 0 Å². The van der Waals surface area contributed by atoms with Gasteiger partial charge in [-0.15, -0.1) is 0 Å². The van der Waals surface area contributed by atoms with Crippen LogP contribution in [0.4, 0.5) is 5.69 Å². The van der Waals surface area contributed by atoms with Crippen LogP contribution in [0.5, 0.6) is 0 Å². The van der Waals surface area contributed by atoms with E-state index in [1.807, 2.05) is 62.4 Å². The van der Waals surface area contributed by atoms with Crippen molar-refractivity contribution in [2.75, 3.05) is 18.4 Å². The van der Waals surface area contributed by atoms with Crippen LogP contribution in [-0.4, -0.2) is 39.1 Å². The smallest absolute Gasteiger partial charge is 0.237 e. The van der Waals surface area contributed by atoms with Crippen molar-refractivity contribution in [2.45, 2.75) is 49.9 Å². The zero-order valence-corrected chi connectivity index (χ0v) is 18.4. The second-order valence-electron chi connectivity index (χ2n) is 7.92. The van der Waals surface area contributed by atoms with Gasteiger partial charge in [0.1, 0.15) is 10.9 Å². The number of piperidine rings is 1. The van der Waals surface area contributed by atoms with E-state index < -0.39 is 0 Å². The van der Waals surface area contributed by atoms with Gasteiger partial charge in [0.15, 0.2) is 0 Å². The van der Waals surface area contributed by atoms with Crippen molar-refractivity contribution in [2.24, 2.45) is 0 Å². The molecule has 6 heteroatoms. The molecule has 0 spiro atoms. The highest BCUT2D eigenvalue weighted by Gasteiger charge is 2.19. The van der Waals surface area contributed by atoms with Gasteiger partial charge in [-0.1, -0.05) is 48.5 Å². The minimum atomic E-state index is -0.272. The molecule has 4 rings (SSSR count). The number of thioether (sulfide) groups is 1. The molecule has 1 fully saturated rings. The first-order valence-electron chi connectivity index (χ1n) is 10.6. The number of anilines is 1. The molecule has 1 amide bonds. The molecule has 2 aromatic carbocycles. The monoisotopic (exact) mass is 420 g/mol. The number of carbonyl (C=O) groups excluding carboxylic acids is 1. The lowest BCUT2D eigenvalue weighted by Crippen LogP contribution is -2.30. The van der Waals surface area contributed by atoms with Gasteiger partial charge in [-0.3, -0.25) is 9.69 Å². The molecular formula is C24H28N4OS. The first-order chi connectivity index (χ1) is 14.6. The van der Waals surface area contributed by atoms with Crippen LogP contribution in [0.3, 0.4) is 0 Å². The lowest BCUT2D eigenvalue weighted by atomic mass is 10.1. The van der Waals surface area contributed by atoms with E-state index in [1.54, 1.807) is 0 Å². The van der Waals surface area contributed by atoms with Crippen LogP contribution in [0.25, 0.3) is 10.9 Å². The summed E-state index contributed by atoms with van der Waals surface area (Å²) in [7, 11) is 0. The van der Waals surface area contributed by atoms with E-state index >= 15 is 0 Å². The average molecular weight is 421 g/mol. The minimum absolute atomic E-state index is 0.0223. The summed E-state index contributed by atoms with van der Waals surface area (Å²) in [5.74, 6) is 0.815. The number of amides is 1. The third-order valence-electron chi connectivity index (χ3n) is 5.37.